The van der Waals surface area contributed by atoms with Crippen molar-refractivity contribution in [3.63, 3.8) is 0 Å². The van der Waals surface area contributed by atoms with Crippen LogP contribution in [0.3, 0.4) is 0 Å². The van der Waals surface area contributed by atoms with Crippen molar-refractivity contribution in [3.05, 3.63) is 57.4 Å². The maximum Gasteiger partial charge on any atom is 0.358 e. The summed E-state index contributed by atoms with van der Waals surface area (Å²) in [6.07, 6.45) is -0.965. The smallest absolute Gasteiger partial charge is 0.358 e. The van der Waals surface area contributed by atoms with Gasteiger partial charge in [-0.05, 0) is 43.0 Å². The molecular weight excluding hydrogens is 392 g/mol. The number of amides is 1. The van der Waals surface area contributed by atoms with Crippen LogP contribution in [0.15, 0.2) is 41.1 Å². The fourth-order valence-electron chi connectivity index (χ4n) is 2.12. The zero-order valence-electron chi connectivity index (χ0n) is 14.0. The highest BCUT2D eigenvalue weighted by Crippen LogP contribution is 2.28. The van der Waals surface area contributed by atoms with E-state index >= 15 is 0 Å². The zero-order valence-corrected chi connectivity index (χ0v) is 16.4. The lowest BCUT2D eigenvalue weighted by Gasteiger charge is -2.14. The van der Waals surface area contributed by atoms with Gasteiger partial charge in [-0.15, -0.1) is 22.7 Å². The molecule has 1 N–H and O–H groups in total. The van der Waals surface area contributed by atoms with Crippen molar-refractivity contribution in [1.29, 1.82) is 0 Å². The number of nitrogens with zero attached hydrogens (tertiary/aromatic N) is 1. The summed E-state index contributed by atoms with van der Waals surface area (Å²) in [4.78, 5) is 29.8. The number of halogens is 1. The molecule has 0 saturated heterocycles. The van der Waals surface area contributed by atoms with Gasteiger partial charge in [0.2, 0.25) is 0 Å². The molecule has 0 aliphatic carbocycles. The molecule has 1 amide bonds. The van der Waals surface area contributed by atoms with Crippen LogP contribution in [0.5, 0.6) is 0 Å². The van der Waals surface area contributed by atoms with Gasteiger partial charge in [-0.2, -0.15) is 0 Å². The van der Waals surface area contributed by atoms with E-state index in [2.05, 4.69) is 10.3 Å². The number of hydrogen-bond acceptors (Lipinski definition) is 6. The molecule has 0 unspecified atom stereocenters. The van der Waals surface area contributed by atoms with Crippen molar-refractivity contribution in [2.75, 3.05) is 5.32 Å². The van der Waals surface area contributed by atoms with E-state index in [1.54, 1.807) is 34.9 Å². The molecule has 1 aromatic carbocycles. The number of carbonyl (C=O) groups excluding carboxylic acids is 2. The van der Waals surface area contributed by atoms with Gasteiger partial charge in [-0.3, -0.25) is 4.79 Å². The Morgan fingerprint density at radius 2 is 2.08 bits per heavy atom. The van der Waals surface area contributed by atoms with Gasteiger partial charge in [0.25, 0.3) is 5.91 Å². The summed E-state index contributed by atoms with van der Waals surface area (Å²) in [6, 6.07) is 9.04. The van der Waals surface area contributed by atoms with Crippen molar-refractivity contribution in [2.24, 2.45) is 0 Å². The van der Waals surface area contributed by atoms with Crippen LogP contribution in [0.4, 0.5) is 5.69 Å². The largest absolute Gasteiger partial charge is 0.448 e. The number of benzene rings is 1. The average Bonchev–Trinajstić information content (AvgIpc) is 3.28. The minimum absolute atomic E-state index is 0.192. The molecule has 5 nitrogen and oxygen atoms in total. The lowest BCUT2D eigenvalue weighted by Crippen LogP contribution is -2.30. The fourth-order valence-corrected chi connectivity index (χ4v) is 3.89. The van der Waals surface area contributed by atoms with Crippen molar-refractivity contribution in [1.82, 2.24) is 4.98 Å². The van der Waals surface area contributed by atoms with Gasteiger partial charge in [-0.1, -0.05) is 23.7 Å². The second kappa shape index (κ2) is 7.99. The molecule has 3 aromatic rings. The summed E-state index contributed by atoms with van der Waals surface area (Å²) in [5, 5.41) is 7.55. The molecule has 2 aromatic heterocycles. The van der Waals surface area contributed by atoms with Crippen molar-refractivity contribution in [2.45, 2.75) is 20.0 Å². The number of anilines is 1. The van der Waals surface area contributed by atoms with Gasteiger partial charge in [0.1, 0.15) is 5.01 Å². The molecule has 3 rings (SSSR count). The lowest BCUT2D eigenvalue weighted by atomic mass is 10.2. The molecule has 0 spiro atoms. The summed E-state index contributed by atoms with van der Waals surface area (Å²) < 4.78 is 5.23. The number of thiazole rings is 1. The summed E-state index contributed by atoms with van der Waals surface area (Å²) in [5.74, 6) is -1.06. The average molecular weight is 407 g/mol. The van der Waals surface area contributed by atoms with E-state index in [-0.39, 0.29) is 5.69 Å². The Morgan fingerprint density at radius 3 is 2.81 bits per heavy atom. The number of aryl methyl sites for hydroxylation is 1. The topological polar surface area (TPSA) is 68.3 Å². The SMILES string of the molecule is Cc1ccc(Cl)cc1NC(=O)[C@@H](C)OC(=O)c1csc(-c2cccs2)n1. The summed E-state index contributed by atoms with van der Waals surface area (Å²) in [5.41, 5.74) is 1.64. The molecule has 0 bridgehead atoms. The van der Waals surface area contributed by atoms with Crippen LogP contribution in [0.2, 0.25) is 5.02 Å². The van der Waals surface area contributed by atoms with Crippen LogP contribution >= 0.6 is 34.3 Å². The molecule has 1 atom stereocenters. The van der Waals surface area contributed by atoms with E-state index in [1.807, 2.05) is 24.4 Å². The summed E-state index contributed by atoms with van der Waals surface area (Å²) in [6.45, 7) is 3.36. The lowest BCUT2D eigenvalue weighted by molar-refractivity contribution is -0.123. The van der Waals surface area contributed by atoms with Crippen LogP contribution in [-0.2, 0) is 9.53 Å². The van der Waals surface area contributed by atoms with Crippen molar-refractivity contribution >= 4 is 51.8 Å². The second-order valence-corrected chi connectivity index (χ2v) is 7.75. The van der Waals surface area contributed by atoms with Crippen molar-refractivity contribution < 1.29 is 14.3 Å². The Morgan fingerprint density at radius 1 is 1.27 bits per heavy atom. The minimum atomic E-state index is -0.965. The van der Waals surface area contributed by atoms with Crippen LogP contribution in [0, 0.1) is 6.92 Å². The number of ether oxygens (including phenoxy) is 1. The number of aromatic nitrogens is 1. The first-order chi connectivity index (χ1) is 12.4. The van der Waals surface area contributed by atoms with E-state index in [1.165, 1.54) is 18.3 Å². The Bertz CT molecular complexity index is 938. The quantitative estimate of drug-likeness (QED) is 0.604. The molecule has 0 radical (unpaired) electrons. The highest BCUT2D eigenvalue weighted by molar-refractivity contribution is 7.20. The van der Waals surface area contributed by atoms with E-state index in [0.717, 1.165) is 15.4 Å². The number of rotatable bonds is 5. The molecule has 0 fully saturated rings. The second-order valence-electron chi connectivity index (χ2n) is 5.51. The summed E-state index contributed by atoms with van der Waals surface area (Å²) in [7, 11) is 0. The Hall–Kier alpha value is -2.22. The Kier molecular flexibility index (Phi) is 5.70. The van der Waals surface area contributed by atoms with E-state index in [9.17, 15) is 9.59 Å². The third-order valence-corrected chi connectivity index (χ3v) is 5.67. The number of hydrogen-bond donors (Lipinski definition) is 1. The van der Waals surface area contributed by atoms with Crippen LogP contribution in [-0.4, -0.2) is 23.0 Å². The first-order valence-electron chi connectivity index (χ1n) is 7.71. The van der Waals surface area contributed by atoms with E-state index in [4.69, 9.17) is 16.3 Å². The van der Waals surface area contributed by atoms with Crippen LogP contribution < -0.4 is 5.32 Å². The molecule has 26 heavy (non-hydrogen) atoms. The summed E-state index contributed by atoms with van der Waals surface area (Å²) >= 11 is 8.85. The minimum Gasteiger partial charge on any atom is -0.448 e. The highest BCUT2D eigenvalue weighted by atomic mass is 35.5. The van der Waals surface area contributed by atoms with Crippen molar-refractivity contribution in [3.8, 4) is 9.88 Å². The van der Waals surface area contributed by atoms with Gasteiger partial charge in [0.05, 0.1) is 4.88 Å². The monoisotopic (exact) mass is 406 g/mol. The van der Waals surface area contributed by atoms with Gasteiger partial charge >= 0.3 is 5.97 Å². The fraction of sp³-hybridized carbons (Fsp3) is 0.167. The predicted molar refractivity (Wildman–Crippen MR) is 105 cm³/mol. The normalized spacial score (nSPS) is 11.8. The number of carbonyl (C=O) groups is 2. The third kappa shape index (κ3) is 4.30. The molecular formula is C18H15ClN2O3S2. The Balaban J connectivity index is 1.63. The first-order valence-corrected chi connectivity index (χ1v) is 9.85. The highest BCUT2D eigenvalue weighted by Gasteiger charge is 2.21. The maximum absolute atomic E-state index is 12.3. The van der Waals surface area contributed by atoms with Gasteiger partial charge in [0, 0.05) is 16.1 Å². The predicted octanol–water partition coefficient (Wildman–Crippen LogP) is 5.02. The van der Waals surface area contributed by atoms with E-state index in [0.29, 0.717) is 10.7 Å². The van der Waals surface area contributed by atoms with Crippen LogP contribution in [0.25, 0.3) is 9.88 Å². The Labute approximate surface area is 163 Å². The standard InChI is InChI=1S/C18H15ClN2O3S2/c1-10-5-6-12(19)8-13(10)20-16(22)11(2)24-18(23)14-9-26-17(21-14)15-4-3-7-25-15/h3-9,11H,1-2H3,(H,20,22)/t11-/m1/s1. The maximum atomic E-state index is 12.3. The molecule has 0 aliphatic rings. The van der Waals surface area contributed by atoms with Gasteiger partial charge in [0.15, 0.2) is 11.8 Å². The third-order valence-electron chi connectivity index (χ3n) is 3.56. The van der Waals surface area contributed by atoms with Gasteiger partial charge in [-0.25, -0.2) is 9.78 Å². The van der Waals surface area contributed by atoms with E-state index < -0.39 is 18.0 Å². The number of nitrogens with one attached hydrogen (secondary N) is 1. The number of thiophene rings is 1. The molecule has 134 valence electrons. The first kappa shape index (κ1) is 18.6. The molecule has 0 aliphatic heterocycles. The van der Waals surface area contributed by atoms with Crippen LogP contribution in [0.1, 0.15) is 23.0 Å². The van der Waals surface area contributed by atoms with Gasteiger partial charge < -0.3 is 10.1 Å². The zero-order chi connectivity index (χ0) is 18.7. The molecule has 8 heteroatoms. The molecule has 2 heterocycles. The molecule has 0 saturated carbocycles. The number of esters is 1.